The van der Waals surface area contributed by atoms with Gasteiger partial charge in [-0.2, -0.15) is 0 Å². The van der Waals surface area contributed by atoms with Gasteiger partial charge in [0.2, 0.25) is 5.92 Å². The van der Waals surface area contributed by atoms with Crippen LogP contribution in [0.4, 0.5) is 8.78 Å². The second-order valence-electron chi connectivity index (χ2n) is 4.05. The van der Waals surface area contributed by atoms with Crippen LogP contribution >= 0.6 is 12.4 Å². The summed E-state index contributed by atoms with van der Waals surface area (Å²) in [6, 6.07) is 0. The van der Waals surface area contributed by atoms with Crippen LogP contribution in [-0.4, -0.2) is 41.5 Å². The highest BCUT2D eigenvalue weighted by Gasteiger charge is 2.31. The van der Waals surface area contributed by atoms with Crippen molar-refractivity contribution in [1.29, 1.82) is 0 Å². The van der Waals surface area contributed by atoms with E-state index in [1.165, 1.54) is 0 Å². The molecule has 1 aliphatic heterocycles. The summed E-state index contributed by atoms with van der Waals surface area (Å²) in [6.45, 7) is 1.66. The first-order valence-electron chi connectivity index (χ1n) is 5.32. The molecule has 0 aromatic carbocycles. The van der Waals surface area contributed by atoms with Crippen molar-refractivity contribution in [1.82, 2.24) is 4.90 Å². The number of carboxylic acids is 1. The smallest absolute Gasteiger partial charge is 0.303 e. The molecule has 1 rings (SSSR count). The summed E-state index contributed by atoms with van der Waals surface area (Å²) in [7, 11) is 0. The molecule has 0 radical (unpaired) electrons. The topological polar surface area (TPSA) is 40.5 Å². The van der Waals surface area contributed by atoms with Crippen LogP contribution in [0.25, 0.3) is 0 Å². The number of alkyl halides is 2. The van der Waals surface area contributed by atoms with Crippen molar-refractivity contribution in [3.8, 4) is 0 Å². The van der Waals surface area contributed by atoms with Crippen LogP contribution in [0.3, 0.4) is 0 Å². The maximum Gasteiger partial charge on any atom is 0.303 e. The molecule has 0 bridgehead atoms. The zero-order valence-electron chi connectivity index (χ0n) is 9.12. The zero-order valence-corrected chi connectivity index (χ0v) is 9.94. The summed E-state index contributed by atoms with van der Waals surface area (Å²) in [5.41, 5.74) is 0. The quantitative estimate of drug-likeness (QED) is 0.841. The molecule has 0 aliphatic carbocycles. The van der Waals surface area contributed by atoms with Crippen molar-refractivity contribution in [3.05, 3.63) is 0 Å². The van der Waals surface area contributed by atoms with Crippen molar-refractivity contribution >= 4 is 18.4 Å². The van der Waals surface area contributed by atoms with Crippen molar-refractivity contribution < 1.29 is 18.7 Å². The molecule has 0 amide bonds. The standard InChI is InChI=1S/C10H17F2NO2.ClH/c11-10(12)4-2-7-13(8-5-10)6-1-3-9(14)15;/h1-8H2,(H,14,15);1H. The number of hydrogen-bond acceptors (Lipinski definition) is 2. The molecule has 1 fully saturated rings. The van der Waals surface area contributed by atoms with Crippen molar-refractivity contribution in [2.45, 2.75) is 38.0 Å². The molecule has 3 nitrogen and oxygen atoms in total. The molecule has 1 N–H and O–H groups in total. The van der Waals surface area contributed by atoms with Gasteiger partial charge in [0.1, 0.15) is 0 Å². The van der Waals surface area contributed by atoms with E-state index in [9.17, 15) is 13.6 Å². The normalized spacial score (nSPS) is 20.9. The molecule has 16 heavy (non-hydrogen) atoms. The van der Waals surface area contributed by atoms with E-state index in [0.717, 1.165) is 0 Å². The highest BCUT2D eigenvalue weighted by molar-refractivity contribution is 5.85. The van der Waals surface area contributed by atoms with Gasteiger partial charge in [-0.1, -0.05) is 0 Å². The van der Waals surface area contributed by atoms with E-state index in [0.29, 0.717) is 32.5 Å². The number of likely N-dealkylation sites (tertiary alicyclic amines) is 1. The van der Waals surface area contributed by atoms with E-state index in [2.05, 4.69) is 0 Å². The third kappa shape index (κ3) is 6.23. The van der Waals surface area contributed by atoms with Crippen molar-refractivity contribution in [2.24, 2.45) is 0 Å². The van der Waals surface area contributed by atoms with Gasteiger partial charge in [0.15, 0.2) is 0 Å². The van der Waals surface area contributed by atoms with E-state index in [-0.39, 0.29) is 31.7 Å². The summed E-state index contributed by atoms with van der Waals surface area (Å²) in [5.74, 6) is -3.35. The Bertz CT molecular complexity index is 227. The van der Waals surface area contributed by atoms with Crippen LogP contribution < -0.4 is 0 Å². The van der Waals surface area contributed by atoms with Crippen LogP contribution in [-0.2, 0) is 4.79 Å². The SMILES string of the molecule is Cl.O=C(O)CCCN1CCCC(F)(F)CC1. The second-order valence-corrected chi connectivity index (χ2v) is 4.05. The lowest BCUT2D eigenvalue weighted by atomic mass is 10.1. The number of nitrogens with zero attached hydrogens (tertiary/aromatic N) is 1. The molecule has 0 unspecified atom stereocenters. The highest BCUT2D eigenvalue weighted by Crippen LogP contribution is 2.27. The Morgan fingerprint density at radius 3 is 2.62 bits per heavy atom. The van der Waals surface area contributed by atoms with Crippen LogP contribution in [0.15, 0.2) is 0 Å². The molecule has 1 heterocycles. The van der Waals surface area contributed by atoms with Crippen molar-refractivity contribution in [2.75, 3.05) is 19.6 Å². The summed E-state index contributed by atoms with van der Waals surface area (Å²) in [5, 5.41) is 8.44. The number of aliphatic carboxylic acids is 1. The van der Waals surface area contributed by atoms with E-state index in [4.69, 9.17) is 5.11 Å². The third-order valence-corrected chi connectivity index (χ3v) is 2.68. The average molecular weight is 258 g/mol. The van der Waals surface area contributed by atoms with Gasteiger partial charge < -0.3 is 10.0 Å². The highest BCUT2D eigenvalue weighted by atomic mass is 35.5. The van der Waals surface area contributed by atoms with Gasteiger partial charge in [-0.15, -0.1) is 12.4 Å². The fourth-order valence-electron chi connectivity index (χ4n) is 1.80. The fourth-order valence-corrected chi connectivity index (χ4v) is 1.80. The zero-order chi connectivity index (χ0) is 11.3. The predicted molar refractivity (Wildman–Crippen MR) is 59.4 cm³/mol. The lowest BCUT2D eigenvalue weighted by Crippen LogP contribution is -2.27. The van der Waals surface area contributed by atoms with Crippen LogP contribution in [0.1, 0.15) is 32.1 Å². The van der Waals surface area contributed by atoms with Crippen LogP contribution in [0, 0.1) is 0 Å². The molecule has 0 atom stereocenters. The molecule has 6 heteroatoms. The Morgan fingerprint density at radius 2 is 2.00 bits per heavy atom. The molecule has 0 saturated carbocycles. The van der Waals surface area contributed by atoms with E-state index < -0.39 is 11.9 Å². The van der Waals surface area contributed by atoms with E-state index in [1.807, 2.05) is 4.90 Å². The Kier molecular flexibility index (Phi) is 6.83. The summed E-state index contributed by atoms with van der Waals surface area (Å²) in [6.07, 6.45) is 1.02. The van der Waals surface area contributed by atoms with E-state index >= 15 is 0 Å². The minimum atomic E-state index is -2.53. The summed E-state index contributed by atoms with van der Waals surface area (Å²) in [4.78, 5) is 12.2. The number of halogens is 3. The Labute approximate surface area is 100 Å². The Hall–Kier alpha value is -0.420. The average Bonchev–Trinajstić information content (AvgIpc) is 2.27. The first-order valence-corrected chi connectivity index (χ1v) is 5.32. The number of carboxylic acid groups (broad SMARTS) is 1. The van der Waals surface area contributed by atoms with E-state index in [1.54, 1.807) is 0 Å². The minimum absolute atomic E-state index is 0. The maximum absolute atomic E-state index is 13.0. The lowest BCUT2D eigenvalue weighted by molar-refractivity contribution is -0.137. The van der Waals surface area contributed by atoms with Gasteiger partial charge in [0.05, 0.1) is 0 Å². The largest absolute Gasteiger partial charge is 0.481 e. The first-order chi connectivity index (χ1) is 6.99. The van der Waals surface area contributed by atoms with Gasteiger partial charge in [0, 0.05) is 25.8 Å². The molecule has 1 aliphatic rings. The number of hydrogen-bond donors (Lipinski definition) is 1. The van der Waals surface area contributed by atoms with Gasteiger partial charge in [0.25, 0.3) is 0 Å². The third-order valence-electron chi connectivity index (χ3n) is 2.68. The predicted octanol–water partition coefficient (Wildman–Crippen LogP) is 2.39. The summed E-state index contributed by atoms with van der Waals surface area (Å²) >= 11 is 0. The fraction of sp³-hybridized carbons (Fsp3) is 0.900. The van der Waals surface area contributed by atoms with Gasteiger partial charge in [-0.05, 0) is 25.9 Å². The molecule has 0 aromatic rings. The Morgan fingerprint density at radius 1 is 1.31 bits per heavy atom. The van der Waals surface area contributed by atoms with Crippen LogP contribution in [0.5, 0.6) is 0 Å². The maximum atomic E-state index is 13.0. The number of rotatable bonds is 4. The second kappa shape index (κ2) is 7.01. The number of carbonyl (C=O) groups is 1. The monoisotopic (exact) mass is 257 g/mol. The minimum Gasteiger partial charge on any atom is -0.481 e. The molecular weight excluding hydrogens is 240 g/mol. The van der Waals surface area contributed by atoms with Gasteiger partial charge >= 0.3 is 5.97 Å². The molecule has 96 valence electrons. The molecular formula is C10H18ClF2NO2. The molecule has 1 saturated heterocycles. The van der Waals surface area contributed by atoms with Crippen molar-refractivity contribution in [3.63, 3.8) is 0 Å². The Balaban J connectivity index is 0.00000225. The first kappa shape index (κ1) is 15.6. The molecule has 0 aromatic heterocycles. The molecule has 0 spiro atoms. The van der Waals surface area contributed by atoms with Gasteiger partial charge in [-0.3, -0.25) is 4.79 Å². The lowest BCUT2D eigenvalue weighted by Gasteiger charge is -2.19. The summed E-state index contributed by atoms with van der Waals surface area (Å²) < 4.78 is 25.9. The van der Waals surface area contributed by atoms with Crippen LogP contribution in [0.2, 0.25) is 0 Å². The van der Waals surface area contributed by atoms with Gasteiger partial charge in [-0.25, -0.2) is 8.78 Å².